The first kappa shape index (κ1) is 25.2. The smallest absolute Gasteiger partial charge is 0.314 e. The van der Waals surface area contributed by atoms with Gasteiger partial charge in [-0.1, -0.05) is 55.2 Å². The molecule has 1 fully saturated rings. The summed E-state index contributed by atoms with van der Waals surface area (Å²) >= 11 is 0. The Morgan fingerprint density at radius 2 is 1.86 bits per heavy atom. The van der Waals surface area contributed by atoms with Gasteiger partial charge in [0, 0.05) is 31.3 Å². The lowest BCUT2D eigenvalue weighted by Crippen LogP contribution is -2.26. The quantitative estimate of drug-likeness (QED) is 0.316. The number of hydrogen-bond acceptors (Lipinski definition) is 3. The minimum Gasteiger partial charge on any atom is -0.466 e. The normalized spacial score (nSPS) is 16.1. The van der Waals surface area contributed by atoms with Crippen LogP contribution in [0.1, 0.15) is 78.9 Å². The molecule has 2 unspecified atom stereocenters. The maximum atomic E-state index is 14.1. The van der Waals surface area contributed by atoms with Crippen LogP contribution in [0.2, 0.25) is 0 Å². The van der Waals surface area contributed by atoms with Gasteiger partial charge in [-0.2, -0.15) is 0 Å². The summed E-state index contributed by atoms with van der Waals surface area (Å²) in [4.78, 5) is 18.2. The molecule has 0 aliphatic heterocycles. The van der Waals surface area contributed by atoms with Crippen molar-refractivity contribution in [2.24, 2.45) is 5.92 Å². The van der Waals surface area contributed by atoms with Gasteiger partial charge in [0.15, 0.2) is 0 Å². The van der Waals surface area contributed by atoms with Crippen LogP contribution < -0.4 is 0 Å². The number of carbonyl (C=O) groups excluding carboxylic acids is 1. The van der Waals surface area contributed by atoms with Gasteiger partial charge in [0.05, 0.1) is 12.5 Å². The molecule has 0 bridgehead atoms. The second-order valence-corrected chi connectivity index (χ2v) is 9.95. The molecule has 1 aliphatic rings. The highest BCUT2D eigenvalue weighted by Gasteiger charge is 2.34. The fourth-order valence-corrected chi connectivity index (χ4v) is 5.54. The van der Waals surface area contributed by atoms with E-state index in [1.807, 2.05) is 57.3 Å². The van der Waals surface area contributed by atoms with E-state index in [1.165, 1.54) is 38.2 Å². The molecule has 0 saturated heterocycles. The number of nitrogens with zero attached hydrogens (tertiary/aromatic N) is 2. The first-order valence-electron chi connectivity index (χ1n) is 13.0. The second kappa shape index (κ2) is 11.7. The molecule has 0 amide bonds. The third-order valence-corrected chi connectivity index (χ3v) is 7.39. The average molecular weight is 477 g/mol. The monoisotopic (exact) mass is 476 g/mol. The predicted molar refractivity (Wildman–Crippen MR) is 137 cm³/mol. The van der Waals surface area contributed by atoms with Gasteiger partial charge in [0.1, 0.15) is 11.6 Å². The minimum atomic E-state index is -0.514. The Labute approximate surface area is 208 Å². The van der Waals surface area contributed by atoms with Crippen molar-refractivity contribution in [3.63, 3.8) is 0 Å². The SMILES string of the molecule is CCOC(=O)C(c1ccc(C)cc1)C(Cc1nccn1CC1CCCCC1)c1ccc(F)cc1C. The molecule has 5 heteroatoms. The van der Waals surface area contributed by atoms with Crippen LogP contribution in [0.25, 0.3) is 0 Å². The first-order valence-corrected chi connectivity index (χ1v) is 13.0. The van der Waals surface area contributed by atoms with Crippen LogP contribution in [-0.4, -0.2) is 22.1 Å². The summed E-state index contributed by atoms with van der Waals surface area (Å²) < 4.78 is 21.9. The number of aryl methyl sites for hydroxylation is 2. The fraction of sp³-hybridized carbons (Fsp3) is 0.467. The van der Waals surface area contributed by atoms with Gasteiger partial charge in [-0.3, -0.25) is 4.79 Å². The summed E-state index contributed by atoms with van der Waals surface area (Å²) in [5.41, 5.74) is 3.83. The minimum absolute atomic E-state index is 0.232. The Balaban J connectivity index is 1.74. The van der Waals surface area contributed by atoms with Crippen LogP contribution >= 0.6 is 0 Å². The number of rotatable bonds is 9. The van der Waals surface area contributed by atoms with E-state index in [0.717, 1.165) is 34.6 Å². The molecule has 0 spiro atoms. The van der Waals surface area contributed by atoms with Crippen molar-refractivity contribution < 1.29 is 13.9 Å². The van der Waals surface area contributed by atoms with E-state index in [0.29, 0.717) is 18.9 Å². The molecule has 1 saturated carbocycles. The molecule has 35 heavy (non-hydrogen) atoms. The third kappa shape index (κ3) is 6.19. The van der Waals surface area contributed by atoms with Crippen LogP contribution in [0.4, 0.5) is 4.39 Å². The molecule has 1 aromatic heterocycles. The van der Waals surface area contributed by atoms with Crippen LogP contribution in [0.3, 0.4) is 0 Å². The van der Waals surface area contributed by atoms with E-state index in [4.69, 9.17) is 9.72 Å². The average Bonchev–Trinajstić information content (AvgIpc) is 3.27. The van der Waals surface area contributed by atoms with E-state index < -0.39 is 5.92 Å². The van der Waals surface area contributed by atoms with Crippen molar-refractivity contribution in [2.75, 3.05) is 6.61 Å². The molecule has 0 N–H and O–H groups in total. The van der Waals surface area contributed by atoms with Gasteiger partial charge in [-0.05, 0) is 68.4 Å². The lowest BCUT2D eigenvalue weighted by molar-refractivity contribution is -0.145. The molecule has 186 valence electrons. The van der Waals surface area contributed by atoms with Crippen LogP contribution in [0.5, 0.6) is 0 Å². The molecule has 4 rings (SSSR count). The van der Waals surface area contributed by atoms with E-state index in [9.17, 15) is 9.18 Å². The van der Waals surface area contributed by atoms with Gasteiger partial charge in [-0.15, -0.1) is 0 Å². The van der Waals surface area contributed by atoms with Crippen molar-refractivity contribution in [3.05, 3.63) is 88.8 Å². The highest BCUT2D eigenvalue weighted by atomic mass is 19.1. The number of carbonyl (C=O) groups is 1. The topological polar surface area (TPSA) is 44.1 Å². The van der Waals surface area contributed by atoms with Gasteiger partial charge >= 0.3 is 5.97 Å². The number of ether oxygens (including phenoxy) is 1. The molecule has 1 aliphatic carbocycles. The molecule has 2 aromatic carbocycles. The van der Waals surface area contributed by atoms with Crippen molar-refractivity contribution in [3.8, 4) is 0 Å². The second-order valence-electron chi connectivity index (χ2n) is 9.95. The zero-order chi connectivity index (χ0) is 24.8. The maximum Gasteiger partial charge on any atom is 0.314 e. The summed E-state index contributed by atoms with van der Waals surface area (Å²) in [7, 11) is 0. The van der Waals surface area contributed by atoms with Crippen LogP contribution in [0, 0.1) is 25.6 Å². The van der Waals surface area contributed by atoms with E-state index in [1.54, 1.807) is 6.07 Å². The van der Waals surface area contributed by atoms with Gasteiger partial charge in [0.25, 0.3) is 0 Å². The molecular formula is C30H37FN2O2. The summed E-state index contributed by atoms with van der Waals surface area (Å²) in [5, 5.41) is 0. The first-order chi connectivity index (χ1) is 17.0. The third-order valence-electron chi connectivity index (χ3n) is 7.39. The number of benzene rings is 2. The highest BCUT2D eigenvalue weighted by molar-refractivity contribution is 5.80. The standard InChI is InChI=1S/C30H37FN2O2/c1-4-35-30(34)29(24-12-10-21(2)11-13-24)27(26-15-14-25(31)18-22(26)3)19-28-32-16-17-33(28)20-23-8-6-5-7-9-23/h10-18,23,27,29H,4-9,19-20H2,1-3H3. The molecule has 1 heterocycles. The lowest BCUT2D eigenvalue weighted by Gasteiger charge is -2.29. The summed E-state index contributed by atoms with van der Waals surface area (Å²) in [6.45, 7) is 7.05. The number of aromatic nitrogens is 2. The largest absolute Gasteiger partial charge is 0.466 e. The zero-order valence-electron chi connectivity index (χ0n) is 21.2. The van der Waals surface area contributed by atoms with Gasteiger partial charge in [0.2, 0.25) is 0 Å². The summed E-state index contributed by atoms with van der Waals surface area (Å²) in [5.74, 6) is 0.359. The Morgan fingerprint density at radius 1 is 1.11 bits per heavy atom. The van der Waals surface area contributed by atoms with Crippen LogP contribution in [-0.2, 0) is 22.5 Å². The maximum absolute atomic E-state index is 14.1. The number of imidazole rings is 1. The molecular weight excluding hydrogens is 439 g/mol. The zero-order valence-corrected chi connectivity index (χ0v) is 21.2. The van der Waals surface area contributed by atoms with E-state index in [-0.39, 0.29) is 17.7 Å². The lowest BCUT2D eigenvalue weighted by atomic mass is 9.77. The number of hydrogen-bond donors (Lipinski definition) is 0. The van der Waals surface area contributed by atoms with Crippen molar-refractivity contribution >= 4 is 5.97 Å². The Bertz CT molecular complexity index is 1120. The van der Waals surface area contributed by atoms with Crippen molar-refractivity contribution in [2.45, 2.75) is 77.7 Å². The van der Waals surface area contributed by atoms with Gasteiger partial charge < -0.3 is 9.30 Å². The molecule has 4 nitrogen and oxygen atoms in total. The summed E-state index contributed by atoms with van der Waals surface area (Å²) in [6, 6.07) is 12.9. The highest BCUT2D eigenvalue weighted by Crippen LogP contribution is 2.39. The Hall–Kier alpha value is -2.95. The molecule has 2 atom stereocenters. The molecule has 0 radical (unpaired) electrons. The number of esters is 1. The van der Waals surface area contributed by atoms with Crippen LogP contribution in [0.15, 0.2) is 54.9 Å². The van der Waals surface area contributed by atoms with Crippen molar-refractivity contribution in [1.29, 1.82) is 0 Å². The Kier molecular flexibility index (Phi) is 8.37. The number of halogens is 1. The van der Waals surface area contributed by atoms with E-state index in [2.05, 4.69) is 10.8 Å². The van der Waals surface area contributed by atoms with Crippen molar-refractivity contribution in [1.82, 2.24) is 9.55 Å². The fourth-order valence-electron chi connectivity index (χ4n) is 5.54. The Morgan fingerprint density at radius 3 is 2.54 bits per heavy atom. The van der Waals surface area contributed by atoms with E-state index >= 15 is 0 Å². The predicted octanol–water partition coefficient (Wildman–Crippen LogP) is 6.89. The van der Waals surface area contributed by atoms with Gasteiger partial charge in [-0.25, -0.2) is 9.37 Å². The molecule has 3 aromatic rings. The summed E-state index contributed by atoms with van der Waals surface area (Å²) in [6.07, 6.45) is 10.9.